The van der Waals surface area contributed by atoms with E-state index in [0.29, 0.717) is 16.4 Å². The molecule has 0 aliphatic rings. The third kappa shape index (κ3) is 3.77. The number of thiazole rings is 1. The lowest BCUT2D eigenvalue weighted by Crippen LogP contribution is -2.17. The van der Waals surface area contributed by atoms with Crippen LogP contribution in [0.4, 0.5) is 19.0 Å². The molecule has 1 N–H and O–H groups in total. The second-order valence-electron chi connectivity index (χ2n) is 5.83. The van der Waals surface area contributed by atoms with E-state index in [1.807, 2.05) is 13.8 Å². The van der Waals surface area contributed by atoms with Crippen LogP contribution in [0.3, 0.4) is 0 Å². The van der Waals surface area contributed by atoms with Crippen molar-refractivity contribution in [2.75, 3.05) is 5.32 Å². The van der Waals surface area contributed by atoms with E-state index in [4.69, 9.17) is 0 Å². The highest BCUT2D eigenvalue weighted by atomic mass is 32.1. The van der Waals surface area contributed by atoms with Gasteiger partial charge in [-0.1, -0.05) is 12.1 Å². The Labute approximate surface area is 151 Å². The summed E-state index contributed by atoms with van der Waals surface area (Å²) in [6.45, 7) is 3.86. The molecule has 3 rings (SSSR count). The summed E-state index contributed by atoms with van der Waals surface area (Å²) in [6, 6.07) is 6.60. The monoisotopic (exact) mass is 380 g/mol. The van der Waals surface area contributed by atoms with E-state index >= 15 is 0 Å². The van der Waals surface area contributed by atoms with Crippen LogP contribution in [0.1, 0.15) is 35.9 Å². The van der Waals surface area contributed by atoms with Gasteiger partial charge in [0.05, 0.1) is 11.8 Å². The topological polar surface area (TPSA) is 59.8 Å². The molecule has 2 aromatic heterocycles. The quantitative estimate of drug-likeness (QED) is 0.703. The molecule has 0 fully saturated rings. The molecule has 0 atom stereocenters. The molecule has 0 radical (unpaired) electrons. The van der Waals surface area contributed by atoms with E-state index in [1.165, 1.54) is 17.5 Å². The SMILES string of the molecule is CC(C)n1nccc1NC(=O)c1csc(-c2cccc(C(F)(F)F)c2)n1. The number of alkyl halides is 3. The number of rotatable bonds is 4. The number of benzene rings is 1. The van der Waals surface area contributed by atoms with E-state index in [2.05, 4.69) is 15.4 Å². The number of halogens is 3. The summed E-state index contributed by atoms with van der Waals surface area (Å²) in [4.78, 5) is 16.5. The molecule has 136 valence electrons. The number of hydrogen-bond acceptors (Lipinski definition) is 4. The lowest BCUT2D eigenvalue weighted by Gasteiger charge is -2.10. The number of carbonyl (C=O) groups excluding carboxylic acids is 1. The summed E-state index contributed by atoms with van der Waals surface area (Å²) in [5.41, 5.74) is -0.299. The smallest absolute Gasteiger partial charge is 0.305 e. The number of nitrogens with zero attached hydrogens (tertiary/aromatic N) is 3. The van der Waals surface area contributed by atoms with Crippen molar-refractivity contribution in [1.82, 2.24) is 14.8 Å². The maximum Gasteiger partial charge on any atom is 0.416 e. The van der Waals surface area contributed by atoms with Crippen LogP contribution >= 0.6 is 11.3 Å². The van der Waals surface area contributed by atoms with Crippen LogP contribution in [0, 0.1) is 0 Å². The second kappa shape index (κ2) is 6.91. The van der Waals surface area contributed by atoms with Crippen molar-refractivity contribution in [3.05, 3.63) is 53.2 Å². The van der Waals surface area contributed by atoms with Crippen LogP contribution in [0.25, 0.3) is 10.6 Å². The molecule has 2 heterocycles. The number of carbonyl (C=O) groups is 1. The average Bonchev–Trinajstić information content (AvgIpc) is 3.23. The number of hydrogen-bond donors (Lipinski definition) is 1. The number of amides is 1. The largest absolute Gasteiger partial charge is 0.416 e. The van der Waals surface area contributed by atoms with Gasteiger partial charge in [0, 0.05) is 23.1 Å². The Morgan fingerprint density at radius 1 is 1.27 bits per heavy atom. The van der Waals surface area contributed by atoms with Gasteiger partial charge >= 0.3 is 6.18 Å². The number of aromatic nitrogens is 3. The molecule has 1 amide bonds. The Morgan fingerprint density at radius 2 is 2.04 bits per heavy atom. The fourth-order valence-electron chi connectivity index (χ4n) is 2.34. The van der Waals surface area contributed by atoms with Gasteiger partial charge in [0.25, 0.3) is 5.91 Å². The first-order valence-electron chi connectivity index (χ1n) is 7.73. The highest BCUT2D eigenvalue weighted by Crippen LogP contribution is 2.33. The van der Waals surface area contributed by atoms with E-state index < -0.39 is 17.6 Å². The third-order valence-electron chi connectivity index (χ3n) is 3.57. The van der Waals surface area contributed by atoms with Crippen LogP contribution in [0.5, 0.6) is 0 Å². The van der Waals surface area contributed by atoms with Gasteiger partial charge in [-0.25, -0.2) is 9.67 Å². The summed E-state index contributed by atoms with van der Waals surface area (Å²) in [7, 11) is 0. The molecule has 9 heteroatoms. The third-order valence-corrected chi connectivity index (χ3v) is 4.47. The summed E-state index contributed by atoms with van der Waals surface area (Å²) < 4.78 is 40.2. The van der Waals surface area contributed by atoms with E-state index in [-0.39, 0.29) is 11.7 Å². The zero-order valence-corrected chi connectivity index (χ0v) is 14.7. The van der Waals surface area contributed by atoms with Crippen LogP contribution in [0.2, 0.25) is 0 Å². The normalized spacial score (nSPS) is 11.8. The molecule has 0 aliphatic carbocycles. The zero-order chi connectivity index (χ0) is 18.9. The van der Waals surface area contributed by atoms with Gasteiger partial charge in [-0.15, -0.1) is 11.3 Å². The van der Waals surface area contributed by atoms with Gasteiger partial charge in [-0.2, -0.15) is 18.3 Å². The summed E-state index contributed by atoms with van der Waals surface area (Å²) in [6.07, 6.45) is -2.85. The van der Waals surface area contributed by atoms with Crippen molar-refractivity contribution in [3.8, 4) is 10.6 Å². The van der Waals surface area contributed by atoms with Gasteiger partial charge in [0.15, 0.2) is 0 Å². The van der Waals surface area contributed by atoms with Crippen molar-refractivity contribution < 1.29 is 18.0 Å². The Kier molecular flexibility index (Phi) is 4.82. The van der Waals surface area contributed by atoms with E-state index in [0.717, 1.165) is 23.5 Å². The first-order valence-corrected chi connectivity index (χ1v) is 8.61. The fraction of sp³-hybridized carbons (Fsp3) is 0.235. The van der Waals surface area contributed by atoms with Gasteiger partial charge in [0.1, 0.15) is 16.5 Å². The molecule has 0 bridgehead atoms. The molecule has 0 unspecified atom stereocenters. The standard InChI is InChI=1S/C17H15F3N4OS/c1-10(2)24-14(6-7-21-24)23-15(25)13-9-26-16(22-13)11-4-3-5-12(8-11)17(18,19)20/h3-10H,1-2H3,(H,23,25). The maximum atomic E-state index is 12.8. The van der Waals surface area contributed by atoms with Crippen molar-refractivity contribution in [3.63, 3.8) is 0 Å². The van der Waals surface area contributed by atoms with Crippen LogP contribution in [-0.2, 0) is 6.18 Å². The summed E-state index contributed by atoms with van der Waals surface area (Å²) >= 11 is 1.11. The van der Waals surface area contributed by atoms with Crippen molar-refractivity contribution in [2.24, 2.45) is 0 Å². The molecule has 3 aromatic rings. The molecule has 1 aromatic carbocycles. The predicted molar refractivity (Wildman–Crippen MR) is 93.1 cm³/mol. The average molecular weight is 380 g/mol. The molecular weight excluding hydrogens is 365 g/mol. The molecule has 0 spiro atoms. The molecule has 26 heavy (non-hydrogen) atoms. The minimum absolute atomic E-state index is 0.0661. The lowest BCUT2D eigenvalue weighted by atomic mass is 10.1. The highest BCUT2D eigenvalue weighted by molar-refractivity contribution is 7.13. The van der Waals surface area contributed by atoms with Crippen LogP contribution < -0.4 is 5.32 Å². The molecule has 0 aliphatic heterocycles. The predicted octanol–water partition coefficient (Wildman–Crippen LogP) is 4.86. The zero-order valence-electron chi connectivity index (χ0n) is 13.9. The van der Waals surface area contributed by atoms with Gasteiger partial charge in [-0.05, 0) is 26.0 Å². The Balaban J connectivity index is 1.82. The first-order chi connectivity index (χ1) is 12.3. The minimum atomic E-state index is -4.43. The lowest BCUT2D eigenvalue weighted by molar-refractivity contribution is -0.137. The minimum Gasteiger partial charge on any atom is -0.305 e. The maximum absolute atomic E-state index is 12.8. The van der Waals surface area contributed by atoms with Crippen molar-refractivity contribution in [1.29, 1.82) is 0 Å². The molecule has 0 saturated heterocycles. The first kappa shape index (κ1) is 18.1. The Morgan fingerprint density at radius 3 is 2.73 bits per heavy atom. The number of nitrogens with one attached hydrogen (secondary N) is 1. The van der Waals surface area contributed by atoms with Crippen LogP contribution in [0.15, 0.2) is 41.9 Å². The van der Waals surface area contributed by atoms with E-state index in [1.54, 1.807) is 16.9 Å². The Bertz CT molecular complexity index is 930. The van der Waals surface area contributed by atoms with Crippen molar-refractivity contribution >= 4 is 23.1 Å². The fourth-order valence-corrected chi connectivity index (χ4v) is 3.14. The van der Waals surface area contributed by atoms with E-state index in [9.17, 15) is 18.0 Å². The number of anilines is 1. The molecule has 0 saturated carbocycles. The highest BCUT2D eigenvalue weighted by Gasteiger charge is 2.30. The molecule has 5 nitrogen and oxygen atoms in total. The molecular formula is C17H15F3N4OS. The van der Waals surface area contributed by atoms with Crippen LogP contribution in [-0.4, -0.2) is 20.7 Å². The van der Waals surface area contributed by atoms with Gasteiger partial charge in [0.2, 0.25) is 0 Å². The summed E-state index contributed by atoms with van der Waals surface area (Å²) in [5, 5.41) is 8.70. The van der Waals surface area contributed by atoms with Gasteiger partial charge < -0.3 is 5.32 Å². The Hall–Kier alpha value is -2.68. The second-order valence-corrected chi connectivity index (χ2v) is 6.68. The van der Waals surface area contributed by atoms with Gasteiger partial charge in [-0.3, -0.25) is 4.79 Å². The van der Waals surface area contributed by atoms with Crippen molar-refractivity contribution in [2.45, 2.75) is 26.1 Å². The summed E-state index contributed by atoms with van der Waals surface area (Å²) in [5.74, 6) is 0.0838.